The zero-order chi connectivity index (χ0) is 28.2. The standard InChI is InChI=1S/C30H34ClN3O5/c1-6-33(7-2)27(37)38-23-13-12-22-21(14-17-34(22)18-19-8-10-20(31)11-9-19)24(23)32-25(35)30-16-15-29(5,26(36)39-30)28(30,3)4/h8-14,17H,6-7,15-16,18H2,1-5H3,(H,32,35)/t29-,30?/m0/s1. The monoisotopic (exact) mass is 551 g/mol. The number of benzene rings is 2. The van der Waals surface area contributed by atoms with Gasteiger partial charge >= 0.3 is 12.1 Å². The van der Waals surface area contributed by atoms with Crippen LogP contribution in [0, 0.1) is 10.8 Å². The lowest BCUT2D eigenvalue weighted by Crippen LogP contribution is -2.50. The van der Waals surface area contributed by atoms with Gasteiger partial charge in [0, 0.05) is 41.7 Å². The molecule has 1 aliphatic carbocycles. The molecule has 39 heavy (non-hydrogen) atoms. The van der Waals surface area contributed by atoms with Crippen LogP contribution in [0.4, 0.5) is 10.5 Å². The molecule has 1 aliphatic heterocycles. The second-order valence-electron chi connectivity index (χ2n) is 11.1. The van der Waals surface area contributed by atoms with Gasteiger partial charge in [0.15, 0.2) is 11.4 Å². The number of carbonyl (C=O) groups is 3. The van der Waals surface area contributed by atoms with Crippen molar-refractivity contribution in [3.8, 4) is 5.75 Å². The summed E-state index contributed by atoms with van der Waals surface area (Å²) in [6, 6.07) is 13.1. The van der Waals surface area contributed by atoms with Gasteiger partial charge in [-0.05, 0) is 69.5 Å². The summed E-state index contributed by atoms with van der Waals surface area (Å²) in [5.41, 5.74) is -0.492. The van der Waals surface area contributed by atoms with Crippen LogP contribution in [0.1, 0.15) is 53.0 Å². The molecular weight excluding hydrogens is 518 g/mol. The molecule has 2 bridgehead atoms. The molecule has 2 heterocycles. The molecule has 3 aromatic rings. The zero-order valence-electron chi connectivity index (χ0n) is 23.0. The van der Waals surface area contributed by atoms with Crippen molar-refractivity contribution in [1.82, 2.24) is 9.47 Å². The first-order valence-electron chi connectivity index (χ1n) is 13.4. The Kier molecular flexibility index (Phi) is 6.66. The molecule has 2 amide bonds. The number of anilines is 1. The van der Waals surface area contributed by atoms with Crippen molar-refractivity contribution >= 4 is 46.2 Å². The molecule has 1 aromatic heterocycles. The van der Waals surface area contributed by atoms with E-state index in [9.17, 15) is 14.4 Å². The third-order valence-corrected chi connectivity index (χ3v) is 9.34. The third-order valence-electron chi connectivity index (χ3n) is 9.09. The maximum Gasteiger partial charge on any atom is 0.415 e. The van der Waals surface area contributed by atoms with Crippen LogP contribution >= 0.6 is 11.6 Å². The lowest BCUT2D eigenvalue weighted by atomic mass is 9.66. The van der Waals surface area contributed by atoms with E-state index >= 15 is 0 Å². The predicted octanol–water partition coefficient (Wildman–Crippen LogP) is 6.24. The molecule has 2 aliphatic rings. The summed E-state index contributed by atoms with van der Waals surface area (Å²) < 4.78 is 13.7. The lowest BCUT2D eigenvalue weighted by molar-refractivity contribution is -0.165. The summed E-state index contributed by atoms with van der Waals surface area (Å²) in [6.07, 6.45) is 2.42. The van der Waals surface area contributed by atoms with Gasteiger partial charge in [0.2, 0.25) is 0 Å². The van der Waals surface area contributed by atoms with Crippen LogP contribution in [0.2, 0.25) is 5.02 Å². The number of halogens is 1. The van der Waals surface area contributed by atoms with Crippen LogP contribution in [0.5, 0.6) is 5.75 Å². The van der Waals surface area contributed by atoms with Gasteiger partial charge in [0.25, 0.3) is 5.91 Å². The van der Waals surface area contributed by atoms with Crippen LogP contribution in [-0.2, 0) is 20.9 Å². The Morgan fingerprint density at radius 2 is 1.74 bits per heavy atom. The number of hydrogen-bond acceptors (Lipinski definition) is 5. The second-order valence-corrected chi connectivity index (χ2v) is 11.5. The van der Waals surface area contributed by atoms with E-state index in [2.05, 4.69) is 9.88 Å². The second kappa shape index (κ2) is 9.59. The summed E-state index contributed by atoms with van der Waals surface area (Å²) in [5, 5.41) is 4.40. The minimum Gasteiger partial charge on any atom is -0.448 e. The maximum atomic E-state index is 14.0. The number of rotatable bonds is 7. The Labute approximate surface area is 233 Å². The Hall–Kier alpha value is -3.52. The molecule has 1 saturated carbocycles. The van der Waals surface area contributed by atoms with Gasteiger partial charge in [-0.3, -0.25) is 9.59 Å². The number of amides is 2. The number of carbonyl (C=O) groups excluding carboxylic acids is 3. The summed E-state index contributed by atoms with van der Waals surface area (Å²) >= 11 is 6.05. The van der Waals surface area contributed by atoms with E-state index in [1.165, 1.54) is 0 Å². The Bertz CT molecular complexity index is 1460. The first kappa shape index (κ1) is 27.1. The highest BCUT2D eigenvalue weighted by Crippen LogP contribution is 2.65. The molecule has 2 atom stereocenters. The summed E-state index contributed by atoms with van der Waals surface area (Å²) in [7, 11) is 0. The minimum absolute atomic E-state index is 0.233. The molecule has 206 valence electrons. The number of nitrogens with one attached hydrogen (secondary N) is 1. The van der Waals surface area contributed by atoms with Gasteiger partial charge in [-0.25, -0.2) is 4.79 Å². The molecular formula is C30H34ClN3O5. The van der Waals surface area contributed by atoms with E-state index in [-0.39, 0.29) is 11.7 Å². The fourth-order valence-corrected chi connectivity index (χ4v) is 6.12. The summed E-state index contributed by atoms with van der Waals surface area (Å²) in [5.74, 6) is -0.536. The van der Waals surface area contributed by atoms with Crippen molar-refractivity contribution in [2.24, 2.45) is 10.8 Å². The SMILES string of the molecule is CCN(CC)C(=O)Oc1ccc2c(ccn2Cc2ccc(Cl)cc2)c1NC(=O)C12CC[C@@](C)(C(=O)O1)C2(C)C. The molecule has 2 fully saturated rings. The lowest BCUT2D eigenvalue weighted by Gasteiger charge is -2.35. The maximum absolute atomic E-state index is 14.0. The number of nitrogens with zero attached hydrogens (tertiary/aromatic N) is 2. The zero-order valence-corrected chi connectivity index (χ0v) is 23.7. The molecule has 8 nitrogen and oxygen atoms in total. The van der Waals surface area contributed by atoms with Gasteiger partial charge in [0.1, 0.15) is 0 Å². The van der Waals surface area contributed by atoms with E-state index in [4.69, 9.17) is 21.1 Å². The molecule has 9 heteroatoms. The van der Waals surface area contributed by atoms with Gasteiger partial charge in [0.05, 0.1) is 16.6 Å². The number of esters is 1. The van der Waals surface area contributed by atoms with E-state index in [1.807, 2.05) is 77.2 Å². The highest BCUT2D eigenvalue weighted by Gasteiger charge is 2.75. The molecule has 5 rings (SSSR count). The highest BCUT2D eigenvalue weighted by atomic mass is 35.5. The van der Waals surface area contributed by atoms with Crippen LogP contribution in [-0.4, -0.2) is 46.1 Å². The third kappa shape index (κ3) is 4.07. The number of fused-ring (bicyclic) bond motifs is 3. The van der Waals surface area contributed by atoms with Crippen molar-refractivity contribution < 1.29 is 23.9 Å². The first-order valence-corrected chi connectivity index (χ1v) is 13.7. The Morgan fingerprint density at radius 3 is 2.33 bits per heavy atom. The van der Waals surface area contributed by atoms with Crippen molar-refractivity contribution in [1.29, 1.82) is 0 Å². The first-order chi connectivity index (χ1) is 18.5. The average Bonchev–Trinajstić information content (AvgIpc) is 3.44. The Balaban J connectivity index is 1.55. The topological polar surface area (TPSA) is 89.9 Å². The molecule has 1 saturated heterocycles. The average molecular weight is 552 g/mol. The van der Waals surface area contributed by atoms with E-state index in [0.29, 0.717) is 48.6 Å². The van der Waals surface area contributed by atoms with Crippen LogP contribution in [0.15, 0.2) is 48.7 Å². The van der Waals surface area contributed by atoms with Crippen molar-refractivity contribution in [2.75, 3.05) is 18.4 Å². The number of ether oxygens (including phenoxy) is 2. The van der Waals surface area contributed by atoms with Crippen molar-refractivity contribution in [2.45, 2.75) is 59.6 Å². The van der Waals surface area contributed by atoms with Gasteiger partial charge in [-0.15, -0.1) is 0 Å². The highest BCUT2D eigenvalue weighted by molar-refractivity contribution is 6.30. The number of aromatic nitrogens is 1. The van der Waals surface area contributed by atoms with Crippen LogP contribution < -0.4 is 10.1 Å². The summed E-state index contributed by atoms with van der Waals surface area (Å²) in [4.78, 5) is 41.3. The minimum atomic E-state index is -1.31. The molecule has 1 unspecified atom stereocenters. The van der Waals surface area contributed by atoms with E-state index in [1.54, 1.807) is 11.0 Å². The fraction of sp³-hybridized carbons (Fsp3) is 0.433. The normalized spacial score (nSPS) is 23.1. The van der Waals surface area contributed by atoms with Crippen LogP contribution in [0.25, 0.3) is 10.9 Å². The molecule has 0 radical (unpaired) electrons. The largest absolute Gasteiger partial charge is 0.448 e. The van der Waals surface area contributed by atoms with E-state index in [0.717, 1.165) is 11.1 Å². The van der Waals surface area contributed by atoms with Gasteiger partial charge in [-0.1, -0.05) is 37.6 Å². The smallest absolute Gasteiger partial charge is 0.415 e. The van der Waals surface area contributed by atoms with Gasteiger partial charge < -0.3 is 24.3 Å². The molecule has 1 N–H and O–H groups in total. The fourth-order valence-electron chi connectivity index (χ4n) is 5.99. The van der Waals surface area contributed by atoms with Crippen molar-refractivity contribution in [3.63, 3.8) is 0 Å². The molecule has 0 spiro atoms. The van der Waals surface area contributed by atoms with Crippen LogP contribution in [0.3, 0.4) is 0 Å². The quantitative estimate of drug-likeness (QED) is 0.351. The molecule has 2 aromatic carbocycles. The van der Waals surface area contributed by atoms with E-state index < -0.39 is 28.4 Å². The van der Waals surface area contributed by atoms with Gasteiger partial charge in [-0.2, -0.15) is 0 Å². The predicted molar refractivity (Wildman–Crippen MR) is 150 cm³/mol. The Morgan fingerprint density at radius 1 is 1.05 bits per heavy atom. The number of hydrogen-bond donors (Lipinski definition) is 1. The summed E-state index contributed by atoms with van der Waals surface area (Å²) in [6.45, 7) is 11.0. The van der Waals surface area contributed by atoms with Crippen molar-refractivity contribution in [3.05, 3.63) is 59.2 Å².